The van der Waals surface area contributed by atoms with Gasteiger partial charge in [0.25, 0.3) is 0 Å². The summed E-state index contributed by atoms with van der Waals surface area (Å²) in [4.78, 5) is 13.9. The van der Waals surface area contributed by atoms with Gasteiger partial charge in [-0.15, -0.1) is 0 Å². The van der Waals surface area contributed by atoms with Crippen molar-refractivity contribution in [1.29, 1.82) is 5.26 Å². The molecule has 1 atom stereocenters. The Labute approximate surface area is 104 Å². The lowest BCUT2D eigenvalue weighted by atomic mass is 9.94. The van der Waals surface area contributed by atoms with E-state index in [9.17, 15) is 4.79 Å². The van der Waals surface area contributed by atoms with E-state index in [1.807, 2.05) is 13.0 Å². The molecule has 0 radical (unpaired) electrons. The maximum atomic E-state index is 11.6. The third-order valence-corrected chi connectivity index (χ3v) is 3.57. The first kappa shape index (κ1) is 14.0. The van der Waals surface area contributed by atoms with Crippen LogP contribution in [0, 0.1) is 23.2 Å². The molecule has 1 unspecified atom stereocenters. The van der Waals surface area contributed by atoms with Crippen molar-refractivity contribution in [2.24, 2.45) is 11.8 Å². The molecule has 0 spiro atoms. The predicted octanol–water partition coefficient (Wildman–Crippen LogP) is 1.38. The fourth-order valence-electron chi connectivity index (χ4n) is 2.21. The smallest absolute Gasteiger partial charge is 0.237 e. The third kappa shape index (κ3) is 4.74. The maximum absolute atomic E-state index is 11.6. The lowest BCUT2D eigenvalue weighted by Gasteiger charge is -2.28. The molecule has 1 aliphatic heterocycles. The molecule has 0 saturated carbocycles. The molecule has 4 nitrogen and oxygen atoms in total. The molecular formula is C13H23N3O. The largest absolute Gasteiger partial charge is 0.355 e. The average Bonchev–Trinajstić information content (AvgIpc) is 2.33. The Hall–Kier alpha value is -1.08. The Morgan fingerprint density at radius 1 is 1.53 bits per heavy atom. The Balaban J connectivity index is 2.15. The van der Waals surface area contributed by atoms with Crippen LogP contribution in [-0.2, 0) is 4.79 Å². The topological polar surface area (TPSA) is 56.1 Å². The highest BCUT2D eigenvalue weighted by Gasteiger charge is 2.18. The van der Waals surface area contributed by atoms with Gasteiger partial charge in [0, 0.05) is 6.54 Å². The number of nitriles is 1. The Morgan fingerprint density at radius 2 is 2.18 bits per heavy atom. The molecular weight excluding hydrogens is 214 g/mol. The van der Waals surface area contributed by atoms with Gasteiger partial charge in [0.2, 0.25) is 5.91 Å². The van der Waals surface area contributed by atoms with Crippen LogP contribution in [-0.4, -0.2) is 37.5 Å². The molecule has 1 heterocycles. The van der Waals surface area contributed by atoms with Gasteiger partial charge in [-0.2, -0.15) is 5.26 Å². The summed E-state index contributed by atoms with van der Waals surface area (Å²) in [5.74, 6) is 0.143. The molecule has 0 aromatic heterocycles. The van der Waals surface area contributed by atoms with Gasteiger partial charge in [-0.3, -0.25) is 4.79 Å². The number of rotatable bonds is 5. The molecule has 17 heavy (non-hydrogen) atoms. The van der Waals surface area contributed by atoms with E-state index >= 15 is 0 Å². The summed E-state index contributed by atoms with van der Waals surface area (Å²) in [5, 5.41) is 11.6. The lowest BCUT2D eigenvalue weighted by Crippen LogP contribution is -2.34. The van der Waals surface area contributed by atoms with Crippen molar-refractivity contribution < 1.29 is 4.79 Å². The van der Waals surface area contributed by atoms with Crippen LogP contribution in [0.2, 0.25) is 0 Å². The number of hydrogen-bond acceptors (Lipinski definition) is 3. The van der Waals surface area contributed by atoms with Gasteiger partial charge in [0.1, 0.15) is 5.92 Å². The van der Waals surface area contributed by atoms with Crippen LogP contribution in [0.5, 0.6) is 0 Å². The van der Waals surface area contributed by atoms with Crippen molar-refractivity contribution in [2.75, 3.05) is 26.7 Å². The number of carbonyl (C=O) groups excluding carboxylic acids is 1. The molecule has 0 bridgehead atoms. The number of amides is 1. The summed E-state index contributed by atoms with van der Waals surface area (Å²) in [6, 6.07) is 2.03. The van der Waals surface area contributed by atoms with E-state index in [0.29, 0.717) is 13.0 Å². The minimum absolute atomic E-state index is 0.108. The van der Waals surface area contributed by atoms with Crippen LogP contribution >= 0.6 is 0 Å². The highest BCUT2D eigenvalue weighted by atomic mass is 16.1. The normalized spacial score (nSPS) is 19.6. The van der Waals surface area contributed by atoms with Crippen molar-refractivity contribution in [3.63, 3.8) is 0 Å². The van der Waals surface area contributed by atoms with Crippen molar-refractivity contribution in [3.8, 4) is 6.07 Å². The van der Waals surface area contributed by atoms with Crippen LogP contribution in [0.1, 0.15) is 32.6 Å². The zero-order valence-corrected chi connectivity index (χ0v) is 10.9. The SMILES string of the molecule is CCC(C#N)C(=O)NCCC1CCN(C)CC1. The van der Waals surface area contributed by atoms with Crippen LogP contribution in [0.15, 0.2) is 0 Å². The first-order chi connectivity index (χ1) is 8.17. The summed E-state index contributed by atoms with van der Waals surface area (Å²) < 4.78 is 0. The van der Waals surface area contributed by atoms with Gasteiger partial charge in [0.05, 0.1) is 6.07 Å². The molecule has 4 heteroatoms. The first-order valence-corrected chi connectivity index (χ1v) is 6.53. The van der Waals surface area contributed by atoms with Gasteiger partial charge >= 0.3 is 0 Å². The van der Waals surface area contributed by atoms with E-state index in [2.05, 4.69) is 17.3 Å². The van der Waals surface area contributed by atoms with Crippen LogP contribution in [0.25, 0.3) is 0 Å². The van der Waals surface area contributed by atoms with E-state index in [1.54, 1.807) is 0 Å². The van der Waals surface area contributed by atoms with Gasteiger partial charge < -0.3 is 10.2 Å². The second-order valence-corrected chi connectivity index (χ2v) is 4.92. The minimum atomic E-state index is -0.479. The van der Waals surface area contributed by atoms with Crippen molar-refractivity contribution in [2.45, 2.75) is 32.6 Å². The Bertz CT molecular complexity index is 277. The molecule has 1 amide bonds. The molecule has 0 aromatic carbocycles. The van der Waals surface area contributed by atoms with Gasteiger partial charge in [-0.25, -0.2) is 0 Å². The number of hydrogen-bond donors (Lipinski definition) is 1. The zero-order chi connectivity index (χ0) is 12.7. The summed E-state index contributed by atoms with van der Waals surface area (Å²) in [6.45, 7) is 4.90. The molecule has 1 rings (SSSR count). The summed E-state index contributed by atoms with van der Waals surface area (Å²) in [5.41, 5.74) is 0. The quantitative estimate of drug-likeness (QED) is 0.786. The van der Waals surface area contributed by atoms with Gasteiger partial charge in [-0.1, -0.05) is 6.92 Å². The zero-order valence-electron chi connectivity index (χ0n) is 10.9. The number of nitrogens with one attached hydrogen (secondary N) is 1. The monoisotopic (exact) mass is 237 g/mol. The van der Waals surface area contributed by atoms with Crippen molar-refractivity contribution >= 4 is 5.91 Å². The van der Waals surface area contributed by atoms with Gasteiger partial charge in [0.15, 0.2) is 0 Å². The third-order valence-electron chi connectivity index (χ3n) is 3.57. The summed E-state index contributed by atoms with van der Waals surface area (Å²) >= 11 is 0. The number of piperidine rings is 1. The number of carbonyl (C=O) groups is 1. The lowest BCUT2D eigenvalue weighted by molar-refractivity contribution is -0.123. The second-order valence-electron chi connectivity index (χ2n) is 4.92. The number of nitrogens with zero attached hydrogens (tertiary/aromatic N) is 2. The molecule has 0 aromatic rings. The van der Waals surface area contributed by atoms with E-state index in [1.165, 1.54) is 12.8 Å². The van der Waals surface area contributed by atoms with E-state index < -0.39 is 5.92 Å². The average molecular weight is 237 g/mol. The van der Waals surface area contributed by atoms with Gasteiger partial charge in [-0.05, 0) is 51.7 Å². The molecule has 1 saturated heterocycles. The molecule has 1 aliphatic rings. The predicted molar refractivity (Wildman–Crippen MR) is 67.2 cm³/mol. The van der Waals surface area contributed by atoms with E-state index in [0.717, 1.165) is 25.4 Å². The Kier molecular flexibility index (Phi) is 5.99. The molecule has 1 N–H and O–H groups in total. The molecule has 96 valence electrons. The second kappa shape index (κ2) is 7.29. The van der Waals surface area contributed by atoms with Crippen LogP contribution in [0.4, 0.5) is 0 Å². The van der Waals surface area contributed by atoms with Crippen molar-refractivity contribution in [1.82, 2.24) is 10.2 Å². The van der Waals surface area contributed by atoms with Crippen molar-refractivity contribution in [3.05, 3.63) is 0 Å². The highest BCUT2D eigenvalue weighted by Crippen LogP contribution is 2.18. The highest BCUT2D eigenvalue weighted by molar-refractivity contribution is 5.80. The fourth-order valence-corrected chi connectivity index (χ4v) is 2.21. The maximum Gasteiger partial charge on any atom is 0.237 e. The van der Waals surface area contributed by atoms with E-state index in [-0.39, 0.29) is 5.91 Å². The van der Waals surface area contributed by atoms with E-state index in [4.69, 9.17) is 5.26 Å². The Morgan fingerprint density at radius 3 is 2.71 bits per heavy atom. The number of likely N-dealkylation sites (tertiary alicyclic amines) is 1. The standard InChI is InChI=1S/C13H23N3O/c1-3-12(10-14)13(17)15-7-4-11-5-8-16(2)9-6-11/h11-12H,3-9H2,1-2H3,(H,15,17). The summed E-state index contributed by atoms with van der Waals surface area (Å²) in [7, 11) is 2.15. The minimum Gasteiger partial charge on any atom is -0.355 e. The van der Waals surface area contributed by atoms with Crippen LogP contribution in [0.3, 0.4) is 0 Å². The first-order valence-electron chi connectivity index (χ1n) is 6.53. The molecule has 1 fully saturated rings. The molecule has 0 aliphatic carbocycles. The summed E-state index contributed by atoms with van der Waals surface area (Å²) in [6.07, 6.45) is 4.08. The van der Waals surface area contributed by atoms with Crippen LogP contribution < -0.4 is 5.32 Å². The fraction of sp³-hybridized carbons (Fsp3) is 0.846.